The highest BCUT2D eigenvalue weighted by molar-refractivity contribution is 7.10. The third kappa shape index (κ3) is 2.05. The highest BCUT2D eigenvalue weighted by Gasteiger charge is 2.09. The summed E-state index contributed by atoms with van der Waals surface area (Å²) in [6.45, 7) is 1.87. The summed E-state index contributed by atoms with van der Waals surface area (Å²) < 4.78 is 0. The van der Waals surface area contributed by atoms with E-state index in [0.717, 1.165) is 16.3 Å². The third-order valence-electron chi connectivity index (χ3n) is 2.16. The molecular formula is C12H10N2S. The van der Waals surface area contributed by atoms with Crippen molar-refractivity contribution in [2.75, 3.05) is 0 Å². The van der Waals surface area contributed by atoms with Gasteiger partial charge in [-0.2, -0.15) is 5.26 Å². The van der Waals surface area contributed by atoms with Crippen LogP contribution < -0.4 is 0 Å². The Bertz CT molecular complexity index is 482. The van der Waals surface area contributed by atoms with Gasteiger partial charge in [0.25, 0.3) is 0 Å². The van der Waals surface area contributed by atoms with Gasteiger partial charge >= 0.3 is 0 Å². The van der Waals surface area contributed by atoms with E-state index >= 15 is 0 Å². The molecule has 3 heteroatoms. The number of hydrogen-bond donors (Lipinski definition) is 0. The van der Waals surface area contributed by atoms with Crippen molar-refractivity contribution >= 4 is 11.3 Å². The average molecular weight is 214 g/mol. The zero-order chi connectivity index (χ0) is 10.7. The molecule has 0 aliphatic carbocycles. The molecule has 2 nitrogen and oxygen atoms in total. The van der Waals surface area contributed by atoms with Crippen LogP contribution in [0.3, 0.4) is 0 Å². The Labute approximate surface area is 92.8 Å². The second-order valence-electron chi connectivity index (χ2n) is 3.29. The van der Waals surface area contributed by atoms with Gasteiger partial charge in [-0.15, -0.1) is 11.3 Å². The van der Waals surface area contributed by atoms with Gasteiger partial charge in [-0.3, -0.25) is 0 Å². The fraction of sp³-hybridized carbons (Fsp3) is 0.167. The minimum Gasteiger partial charge on any atom is -0.240 e. The molecular weight excluding hydrogens is 204 g/mol. The highest BCUT2D eigenvalue weighted by atomic mass is 32.1. The smallest absolute Gasteiger partial charge is 0.110 e. The van der Waals surface area contributed by atoms with Gasteiger partial charge in [-0.05, 0) is 6.92 Å². The molecule has 0 amide bonds. The van der Waals surface area contributed by atoms with Crippen LogP contribution in [0.4, 0.5) is 0 Å². The minimum absolute atomic E-state index is 0.118. The lowest BCUT2D eigenvalue weighted by atomic mass is 10.2. The van der Waals surface area contributed by atoms with Gasteiger partial charge in [0.05, 0.1) is 17.7 Å². The number of benzene rings is 1. The van der Waals surface area contributed by atoms with E-state index in [-0.39, 0.29) is 5.92 Å². The van der Waals surface area contributed by atoms with Gasteiger partial charge in [0, 0.05) is 10.9 Å². The fourth-order valence-electron chi connectivity index (χ4n) is 1.28. The molecule has 0 aliphatic rings. The minimum atomic E-state index is -0.118. The number of nitrogens with zero attached hydrogens (tertiary/aromatic N) is 2. The Morgan fingerprint density at radius 2 is 2.07 bits per heavy atom. The first-order valence-corrected chi connectivity index (χ1v) is 5.59. The van der Waals surface area contributed by atoms with E-state index in [4.69, 9.17) is 5.26 Å². The van der Waals surface area contributed by atoms with Crippen molar-refractivity contribution in [1.82, 2.24) is 4.98 Å². The Hall–Kier alpha value is -1.66. The molecule has 2 rings (SSSR count). The monoisotopic (exact) mass is 214 g/mol. The van der Waals surface area contributed by atoms with Crippen molar-refractivity contribution in [3.8, 4) is 17.3 Å². The lowest BCUT2D eigenvalue weighted by Crippen LogP contribution is -1.87. The second-order valence-corrected chi connectivity index (χ2v) is 4.18. The molecule has 0 radical (unpaired) electrons. The van der Waals surface area contributed by atoms with Crippen molar-refractivity contribution in [2.24, 2.45) is 0 Å². The van der Waals surface area contributed by atoms with Gasteiger partial charge in [0.2, 0.25) is 0 Å². The first-order chi connectivity index (χ1) is 7.31. The van der Waals surface area contributed by atoms with Gasteiger partial charge in [0.15, 0.2) is 0 Å². The van der Waals surface area contributed by atoms with Crippen LogP contribution in [-0.2, 0) is 0 Å². The summed E-state index contributed by atoms with van der Waals surface area (Å²) in [5.41, 5.74) is 2.06. The van der Waals surface area contributed by atoms with Crippen molar-refractivity contribution in [3.05, 3.63) is 40.7 Å². The zero-order valence-electron chi connectivity index (χ0n) is 8.34. The molecule has 0 aliphatic heterocycles. The van der Waals surface area contributed by atoms with E-state index in [2.05, 4.69) is 11.1 Å². The van der Waals surface area contributed by atoms with E-state index in [1.54, 1.807) is 11.3 Å². The van der Waals surface area contributed by atoms with E-state index in [9.17, 15) is 0 Å². The Balaban J connectivity index is 2.33. The fourth-order valence-corrected chi connectivity index (χ4v) is 2.11. The molecule has 0 bridgehead atoms. The zero-order valence-corrected chi connectivity index (χ0v) is 9.16. The maximum absolute atomic E-state index is 8.78. The highest BCUT2D eigenvalue weighted by Crippen LogP contribution is 2.25. The first-order valence-electron chi connectivity index (χ1n) is 4.71. The number of hydrogen-bond acceptors (Lipinski definition) is 3. The molecule has 0 spiro atoms. The number of aromatic nitrogens is 1. The molecule has 0 fully saturated rings. The number of nitriles is 1. The van der Waals surface area contributed by atoms with Crippen molar-refractivity contribution in [1.29, 1.82) is 5.26 Å². The predicted octanol–water partition coefficient (Wildman–Crippen LogP) is 3.44. The molecule has 0 N–H and O–H groups in total. The van der Waals surface area contributed by atoms with Gasteiger partial charge in [-0.1, -0.05) is 30.3 Å². The van der Waals surface area contributed by atoms with Crippen molar-refractivity contribution < 1.29 is 0 Å². The van der Waals surface area contributed by atoms with Crippen LogP contribution in [0.1, 0.15) is 17.8 Å². The van der Waals surface area contributed by atoms with E-state index < -0.39 is 0 Å². The molecule has 15 heavy (non-hydrogen) atoms. The summed E-state index contributed by atoms with van der Waals surface area (Å²) in [5, 5.41) is 11.7. The lowest BCUT2D eigenvalue weighted by molar-refractivity contribution is 0.961. The summed E-state index contributed by atoms with van der Waals surface area (Å²) in [4.78, 5) is 4.45. The second kappa shape index (κ2) is 4.24. The Morgan fingerprint density at radius 1 is 1.33 bits per heavy atom. The van der Waals surface area contributed by atoms with Gasteiger partial charge in [0.1, 0.15) is 5.01 Å². The summed E-state index contributed by atoms with van der Waals surface area (Å²) in [6.07, 6.45) is 0. The maximum Gasteiger partial charge on any atom is 0.110 e. The molecule has 0 saturated carbocycles. The standard InChI is InChI=1S/C12H10N2S/c1-9(7-13)12-14-11(8-15-12)10-5-3-2-4-6-10/h2-6,8-9H,1H3. The maximum atomic E-state index is 8.78. The molecule has 1 aromatic heterocycles. The molecule has 1 aromatic carbocycles. The first kappa shape index (κ1) is 9.88. The predicted molar refractivity (Wildman–Crippen MR) is 61.6 cm³/mol. The van der Waals surface area contributed by atoms with Crippen LogP contribution in [0.15, 0.2) is 35.7 Å². The Kier molecular flexibility index (Phi) is 2.79. The summed E-state index contributed by atoms with van der Waals surface area (Å²) in [5.74, 6) is -0.118. The summed E-state index contributed by atoms with van der Waals surface area (Å²) in [6, 6.07) is 12.2. The molecule has 1 heterocycles. The van der Waals surface area contributed by atoms with Crippen molar-refractivity contribution in [3.63, 3.8) is 0 Å². The van der Waals surface area contributed by atoms with Crippen LogP contribution in [0.25, 0.3) is 11.3 Å². The van der Waals surface area contributed by atoms with Crippen molar-refractivity contribution in [2.45, 2.75) is 12.8 Å². The van der Waals surface area contributed by atoms with Gasteiger partial charge < -0.3 is 0 Å². The third-order valence-corrected chi connectivity index (χ3v) is 3.18. The largest absolute Gasteiger partial charge is 0.240 e. The molecule has 1 unspecified atom stereocenters. The van der Waals surface area contributed by atoms with Crippen LogP contribution in [0, 0.1) is 11.3 Å². The summed E-state index contributed by atoms with van der Waals surface area (Å²) >= 11 is 1.54. The van der Waals surface area contributed by atoms with E-state index in [1.807, 2.05) is 42.6 Å². The Morgan fingerprint density at radius 3 is 2.73 bits per heavy atom. The number of rotatable bonds is 2. The average Bonchev–Trinajstić information content (AvgIpc) is 2.78. The topological polar surface area (TPSA) is 36.7 Å². The normalized spacial score (nSPS) is 12.0. The molecule has 74 valence electrons. The van der Waals surface area contributed by atoms with Crippen LogP contribution in [-0.4, -0.2) is 4.98 Å². The summed E-state index contributed by atoms with van der Waals surface area (Å²) in [7, 11) is 0. The number of thiazole rings is 1. The SMILES string of the molecule is CC(C#N)c1nc(-c2ccccc2)cs1. The van der Waals surface area contributed by atoms with Crippen LogP contribution in [0.2, 0.25) is 0 Å². The lowest BCUT2D eigenvalue weighted by Gasteiger charge is -1.95. The quantitative estimate of drug-likeness (QED) is 0.767. The molecule has 0 saturated heterocycles. The van der Waals surface area contributed by atoms with E-state index in [0.29, 0.717) is 0 Å². The molecule has 1 atom stereocenters. The van der Waals surface area contributed by atoms with E-state index in [1.165, 1.54) is 0 Å². The van der Waals surface area contributed by atoms with Crippen LogP contribution >= 0.6 is 11.3 Å². The van der Waals surface area contributed by atoms with Crippen LogP contribution in [0.5, 0.6) is 0 Å². The van der Waals surface area contributed by atoms with Gasteiger partial charge in [-0.25, -0.2) is 4.98 Å². The molecule has 2 aromatic rings.